The summed E-state index contributed by atoms with van der Waals surface area (Å²) in [5.41, 5.74) is 5.51. The smallest absolute Gasteiger partial charge is 0.412 e. The van der Waals surface area contributed by atoms with Crippen LogP contribution in [0.5, 0.6) is 0 Å². The maximum Gasteiger partial charge on any atom is 0.412 e. The van der Waals surface area contributed by atoms with Crippen LogP contribution in [0.15, 0.2) is 77.3 Å². The van der Waals surface area contributed by atoms with Gasteiger partial charge in [0.1, 0.15) is 29.1 Å². The van der Waals surface area contributed by atoms with Crippen molar-refractivity contribution in [1.29, 1.82) is 5.41 Å². The van der Waals surface area contributed by atoms with E-state index in [9.17, 15) is 14.0 Å². The third kappa shape index (κ3) is 7.25. The molecular formula is C31H30FN3O4. The third-order valence-electron chi connectivity index (χ3n) is 6.24. The minimum absolute atomic E-state index is 0.00210. The van der Waals surface area contributed by atoms with Crippen LogP contribution >= 0.6 is 0 Å². The van der Waals surface area contributed by atoms with Gasteiger partial charge in [0, 0.05) is 29.7 Å². The molecule has 0 fully saturated rings. The van der Waals surface area contributed by atoms with Crippen LogP contribution in [0, 0.1) is 18.2 Å². The van der Waals surface area contributed by atoms with Gasteiger partial charge in [-0.25, -0.2) is 9.18 Å². The van der Waals surface area contributed by atoms with Crippen molar-refractivity contribution in [3.63, 3.8) is 0 Å². The molecule has 7 nitrogen and oxygen atoms in total. The Morgan fingerprint density at radius 2 is 1.62 bits per heavy atom. The monoisotopic (exact) mass is 527 g/mol. The standard InChI is InChI=1S/C31H30FN3O4/c1-19(36)16-26(33)18-24-10-8-22(9-11-24)17-23-12-14-25(15-13-23)30-29(20(2)35-39-30)34-31(37)38-21(3)27-6-4-5-7-28(27)32/h4-15,21,33H,16-18H2,1-3H3,(H,34,37)/t21-/m1/s1. The van der Waals surface area contributed by atoms with Crippen LogP contribution in [0.2, 0.25) is 0 Å². The summed E-state index contributed by atoms with van der Waals surface area (Å²) in [4.78, 5) is 23.8. The summed E-state index contributed by atoms with van der Waals surface area (Å²) in [6.07, 6.45) is -0.154. The molecule has 0 unspecified atom stereocenters. The van der Waals surface area contributed by atoms with E-state index >= 15 is 0 Å². The van der Waals surface area contributed by atoms with Crippen molar-refractivity contribution in [3.8, 4) is 11.3 Å². The molecule has 1 amide bonds. The molecule has 2 N–H and O–H groups in total. The fourth-order valence-electron chi connectivity index (χ4n) is 4.27. The first-order valence-electron chi connectivity index (χ1n) is 12.6. The Balaban J connectivity index is 1.39. The highest BCUT2D eigenvalue weighted by molar-refractivity contribution is 6.00. The number of anilines is 1. The van der Waals surface area contributed by atoms with Gasteiger partial charge in [-0.05, 0) is 49.9 Å². The van der Waals surface area contributed by atoms with Crippen molar-refractivity contribution in [2.24, 2.45) is 0 Å². The van der Waals surface area contributed by atoms with E-state index in [0.29, 0.717) is 35.7 Å². The highest BCUT2D eigenvalue weighted by Gasteiger charge is 2.21. The number of benzene rings is 3. The molecule has 8 heteroatoms. The molecule has 0 saturated heterocycles. The fraction of sp³-hybridized carbons (Fsp3) is 0.226. The highest BCUT2D eigenvalue weighted by Crippen LogP contribution is 2.32. The average Bonchev–Trinajstić information content (AvgIpc) is 3.25. The largest absolute Gasteiger partial charge is 0.441 e. The number of amides is 1. The molecule has 0 radical (unpaired) electrons. The number of aryl methyl sites for hydroxylation is 1. The van der Waals surface area contributed by atoms with Gasteiger partial charge in [-0.15, -0.1) is 0 Å². The first kappa shape index (κ1) is 27.4. The minimum Gasteiger partial charge on any atom is -0.441 e. The summed E-state index contributed by atoms with van der Waals surface area (Å²) < 4.78 is 24.9. The highest BCUT2D eigenvalue weighted by atomic mass is 19.1. The molecule has 4 rings (SSSR count). The zero-order chi connectivity index (χ0) is 27.9. The zero-order valence-electron chi connectivity index (χ0n) is 22.1. The summed E-state index contributed by atoms with van der Waals surface area (Å²) in [5.74, 6) is -0.0505. The minimum atomic E-state index is -0.782. The zero-order valence-corrected chi connectivity index (χ0v) is 22.1. The number of nitrogens with one attached hydrogen (secondary N) is 2. The Kier molecular flexibility index (Phi) is 8.66. The number of ether oxygens (including phenoxy) is 1. The van der Waals surface area contributed by atoms with Gasteiger partial charge in [0.25, 0.3) is 0 Å². The van der Waals surface area contributed by atoms with Gasteiger partial charge in [-0.1, -0.05) is 71.9 Å². The third-order valence-corrected chi connectivity index (χ3v) is 6.24. The van der Waals surface area contributed by atoms with E-state index in [2.05, 4.69) is 10.5 Å². The number of halogens is 1. The molecule has 1 atom stereocenters. The van der Waals surface area contributed by atoms with Crippen LogP contribution in [0.4, 0.5) is 14.9 Å². The van der Waals surface area contributed by atoms with E-state index in [4.69, 9.17) is 14.7 Å². The average molecular weight is 528 g/mol. The van der Waals surface area contributed by atoms with E-state index in [1.807, 2.05) is 48.5 Å². The van der Waals surface area contributed by atoms with Gasteiger partial charge in [-0.2, -0.15) is 0 Å². The van der Waals surface area contributed by atoms with Crippen molar-refractivity contribution < 1.29 is 23.2 Å². The lowest BCUT2D eigenvalue weighted by Crippen LogP contribution is -2.17. The van der Waals surface area contributed by atoms with Gasteiger partial charge in [0.05, 0.1) is 0 Å². The van der Waals surface area contributed by atoms with Crippen LogP contribution in [-0.4, -0.2) is 22.7 Å². The van der Waals surface area contributed by atoms with Crippen molar-refractivity contribution in [3.05, 3.63) is 107 Å². The van der Waals surface area contributed by atoms with E-state index in [0.717, 1.165) is 22.3 Å². The van der Waals surface area contributed by atoms with E-state index in [1.54, 1.807) is 32.0 Å². The molecule has 3 aromatic carbocycles. The lowest BCUT2D eigenvalue weighted by Gasteiger charge is -2.15. The predicted molar refractivity (Wildman–Crippen MR) is 148 cm³/mol. The molecule has 4 aromatic rings. The van der Waals surface area contributed by atoms with Crippen LogP contribution in [0.25, 0.3) is 11.3 Å². The van der Waals surface area contributed by atoms with Gasteiger partial charge >= 0.3 is 6.09 Å². The molecule has 0 aliphatic rings. The molecule has 0 aliphatic carbocycles. The number of carbonyl (C=O) groups excluding carboxylic acids is 2. The molecule has 0 bridgehead atoms. The van der Waals surface area contributed by atoms with Crippen molar-refractivity contribution in [2.45, 2.75) is 46.1 Å². The second-order valence-corrected chi connectivity index (χ2v) is 9.52. The first-order valence-corrected chi connectivity index (χ1v) is 12.6. The molecule has 0 spiro atoms. The second kappa shape index (κ2) is 12.3. The first-order chi connectivity index (χ1) is 18.7. The summed E-state index contributed by atoms with van der Waals surface area (Å²) >= 11 is 0. The number of carbonyl (C=O) groups is 2. The Morgan fingerprint density at radius 3 is 2.26 bits per heavy atom. The fourth-order valence-corrected chi connectivity index (χ4v) is 4.27. The molecule has 0 saturated carbocycles. The lowest BCUT2D eigenvalue weighted by atomic mass is 9.99. The normalized spacial score (nSPS) is 11.6. The number of Topliss-reactive ketones (excluding diaryl/α,β-unsaturated/α-hetero) is 1. The Hall–Kier alpha value is -4.59. The van der Waals surface area contributed by atoms with Gasteiger partial charge in [0.15, 0.2) is 5.76 Å². The van der Waals surface area contributed by atoms with Crippen molar-refractivity contribution >= 4 is 23.3 Å². The second-order valence-electron chi connectivity index (χ2n) is 9.52. The summed E-state index contributed by atoms with van der Waals surface area (Å²) in [7, 11) is 0. The van der Waals surface area contributed by atoms with E-state index in [-0.39, 0.29) is 17.8 Å². The molecule has 1 aromatic heterocycles. The summed E-state index contributed by atoms with van der Waals surface area (Å²) in [5, 5.41) is 14.6. The van der Waals surface area contributed by atoms with Crippen molar-refractivity contribution in [1.82, 2.24) is 5.16 Å². The predicted octanol–water partition coefficient (Wildman–Crippen LogP) is 7.23. The number of rotatable bonds is 10. The molecule has 0 aliphatic heterocycles. The molecule has 39 heavy (non-hydrogen) atoms. The lowest BCUT2D eigenvalue weighted by molar-refractivity contribution is -0.115. The molecule has 200 valence electrons. The summed E-state index contributed by atoms with van der Waals surface area (Å²) in [6, 6.07) is 21.9. The van der Waals surface area contributed by atoms with Crippen molar-refractivity contribution in [2.75, 3.05) is 5.32 Å². The number of nitrogens with zero attached hydrogens (tertiary/aromatic N) is 1. The maximum atomic E-state index is 14.0. The van der Waals surface area contributed by atoms with Gasteiger partial charge in [-0.3, -0.25) is 10.1 Å². The number of ketones is 1. The maximum absolute atomic E-state index is 14.0. The van der Waals surface area contributed by atoms with Crippen LogP contribution in [-0.2, 0) is 22.4 Å². The van der Waals surface area contributed by atoms with E-state index < -0.39 is 18.0 Å². The molecular weight excluding hydrogens is 497 g/mol. The van der Waals surface area contributed by atoms with Crippen LogP contribution in [0.1, 0.15) is 54.3 Å². The van der Waals surface area contributed by atoms with Gasteiger partial charge < -0.3 is 14.7 Å². The van der Waals surface area contributed by atoms with Gasteiger partial charge in [0.2, 0.25) is 0 Å². The summed E-state index contributed by atoms with van der Waals surface area (Å²) in [6.45, 7) is 4.81. The Bertz CT molecular complexity index is 1480. The Labute approximate surface area is 226 Å². The topological polar surface area (TPSA) is 105 Å². The number of hydrogen-bond acceptors (Lipinski definition) is 6. The Morgan fingerprint density at radius 1 is 1.00 bits per heavy atom. The number of hydrogen-bond donors (Lipinski definition) is 2. The molecule has 1 heterocycles. The van der Waals surface area contributed by atoms with E-state index in [1.165, 1.54) is 13.0 Å². The van der Waals surface area contributed by atoms with Crippen LogP contribution < -0.4 is 5.32 Å². The number of aromatic nitrogens is 1. The van der Waals surface area contributed by atoms with Crippen LogP contribution in [0.3, 0.4) is 0 Å². The quantitative estimate of drug-likeness (QED) is 0.212. The SMILES string of the molecule is CC(=O)CC(=N)Cc1ccc(Cc2ccc(-c3onc(C)c3NC(=O)O[C@H](C)c3ccccc3F)cc2)cc1.